The van der Waals surface area contributed by atoms with Gasteiger partial charge in [-0.15, -0.1) is 0 Å². The number of nitrogens with one attached hydrogen (secondary N) is 1. The lowest BCUT2D eigenvalue weighted by molar-refractivity contribution is -0.138. The first-order chi connectivity index (χ1) is 16.4. The molecule has 8 nitrogen and oxygen atoms in total. The summed E-state index contributed by atoms with van der Waals surface area (Å²) < 4.78 is 83.0. The molecule has 0 aliphatic heterocycles. The quantitative estimate of drug-likeness (QED) is 0.370. The number of aliphatic hydroxyl groups excluding tert-OH is 1. The SMILES string of the molecule is Cc1nn(-c2ccc(NC(=O)[C@H](O)c3cc(F)cc(C(F)(F)F)c3)c(F)c2F)c2c(N)ncnc12. The number of amides is 1. The molecule has 2 aromatic heterocycles. The summed E-state index contributed by atoms with van der Waals surface area (Å²) in [5.74, 6) is -5.85. The number of halogens is 6. The third-order valence-corrected chi connectivity index (χ3v) is 5.01. The summed E-state index contributed by atoms with van der Waals surface area (Å²) in [5, 5.41) is 16.1. The molecule has 4 N–H and O–H groups in total. The van der Waals surface area contributed by atoms with E-state index < -0.39 is 58.1 Å². The van der Waals surface area contributed by atoms with Gasteiger partial charge in [-0.05, 0) is 42.8 Å². The van der Waals surface area contributed by atoms with Crippen molar-refractivity contribution < 1.29 is 36.2 Å². The van der Waals surface area contributed by atoms with E-state index in [1.807, 2.05) is 5.32 Å². The Kier molecular flexibility index (Phi) is 5.84. The summed E-state index contributed by atoms with van der Waals surface area (Å²) in [6.45, 7) is 1.56. The van der Waals surface area contributed by atoms with Crippen LogP contribution in [0.3, 0.4) is 0 Å². The number of carbonyl (C=O) groups is 1. The van der Waals surface area contributed by atoms with Gasteiger partial charge in [-0.2, -0.15) is 18.3 Å². The Balaban J connectivity index is 1.66. The Morgan fingerprint density at radius 2 is 1.83 bits per heavy atom. The lowest BCUT2D eigenvalue weighted by atomic mass is 10.0. The normalized spacial score (nSPS) is 12.7. The lowest BCUT2D eigenvalue weighted by Crippen LogP contribution is -2.22. The van der Waals surface area contributed by atoms with Crippen molar-refractivity contribution in [2.75, 3.05) is 11.1 Å². The number of anilines is 2. The van der Waals surface area contributed by atoms with Crippen LogP contribution in [0.4, 0.5) is 37.8 Å². The average molecular weight is 496 g/mol. The van der Waals surface area contributed by atoms with Crippen molar-refractivity contribution in [3.05, 3.63) is 70.9 Å². The minimum atomic E-state index is -4.94. The zero-order chi connectivity index (χ0) is 25.7. The molecule has 2 heterocycles. The topological polar surface area (TPSA) is 119 Å². The van der Waals surface area contributed by atoms with Crippen molar-refractivity contribution in [2.24, 2.45) is 0 Å². The molecule has 4 rings (SSSR count). The molecule has 0 saturated heterocycles. The van der Waals surface area contributed by atoms with Crippen molar-refractivity contribution in [1.82, 2.24) is 19.7 Å². The van der Waals surface area contributed by atoms with Crippen LogP contribution in [0.5, 0.6) is 0 Å². The van der Waals surface area contributed by atoms with Gasteiger partial charge in [0.25, 0.3) is 5.91 Å². The van der Waals surface area contributed by atoms with Crippen LogP contribution >= 0.6 is 0 Å². The molecule has 0 aliphatic rings. The highest BCUT2D eigenvalue weighted by atomic mass is 19.4. The zero-order valence-corrected chi connectivity index (χ0v) is 17.5. The largest absolute Gasteiger partial charge is 0.416 e. The highest BCUT2D eigenvalue weighted by Gasteiger charge is 2.33. The Morgan fingerprint density at radius 1 is 1.11 bits per heavy atom. The molecule has 0 spiro atoms. The number of aromatic nitrogens is 4. The van der Waals surface area contributed by atoms with Gasteiger partial charge in [0.15, 0.2) is 23.6 Å². The molecule has 4 aromatic rings. The Morgan fingerprint density at radius 3 is 2.51 bits per heavy atom. The van der Waals surface area contributed by atoms with Gasteiger partial charge in [-0.3, -0.25) is 4.79 Å². The number of nitrogens with zero attached hydrogens (tertiary/aromatic N) is 4. The molecule has 182 valence electrons. The zero-order valence-electron chi connectivity index (χ0n) is 17.5. The predicted molar refractivity (Wildman–Crippen MR) is 111 cm³/mol. The summed E-state index contributed by atoms with van der Waals surface area (Å²) in [4.78, 5) is 20.1. The first kappa shape index (κ1) is 23.9. The van der Waals surface area contributed by atoms with E-state index in [4.69, 9.17) is 5.73 Å². The van der Waals surface area contributed by atoms with Crippen LogP contribution in [0.1, 0.15) is 22.9 Å². The highest BCUT2D eigenvalue weighted by Crippen LogP contribution is 2.33. The lowest BCUT2D eigenvalue weighted by Gasteiger charge is -2.15. The Hall–Kier alpha value is -4.20. The van der Waals surface area contributed by atoms with E-state index in [-0.39, 0.29) is 17.4 Å². The number of carbonyl (C=O) groups excluding carboxylic acids is 1. The minimum Gasteiger partial charge on any atom is -0.382 e. The van der Waals surface area contributed by atoms with Crippen molar-refractivity contribution in [3.8, 4) is 5.69 Å². The van der Waals surface area contributed by atoms with Crippen LogP contribution in [-0.4, -0.2) is 30.8 Å². The minimum absolute atomic E-state index is 0.0516. The second kappa shape index (κ2) is 8.54. The van der Waals surface area contributed by atoms with Gasteiger partial charge in [0.05, 0.1) is 16.9 Å². The van der Waals surface area contributed by atoms with Gasteiger partial charge in [-0.25, -0.2) is 27.8 Å². The molecule has 0 bridgehead atoms. The molecule has 1 amide bonds. The average Bonchev–Trinajstić information content (AvgIpc) is 3.13. The number of alkyl halides is 3. The van der Waals surface area contributed by atoms with Crippen molar-refractivity contribution >= 4 is 28.4 Å². The molecule has 35 heavy (non-hydrogen) atoms. The number of hydrogen-bond acceptors (Lipinski definition) is 6. The number of aliphatic hydroxyl groups is 1. The first-order valence-electron chi connectivity index (χ1n) is 9.69. The van der Waals surface area contributed by atoms with Gasteiger partial charge in [0.2, 0.25) is 0 Å². The van der Waals surface area contributed by atoms with Gasteiger partial charge >= 0.3 is 6.18 Å². The predicted octanol–water partition coefficient (Wildman–Crippen LogP) is 3.81. The third-order valence-electron chi connectivity index (χ3n) is 5.01. The first-order valence-corrected chi connectivity index (χ1v) is 9.69. The number of fused-ring (bicyclic) bond motifs is 1. The number of rotatable bonds is 4. The molecule has 0 saturated carbocycles. The van der Waals surface area contributed by atoms with Gasteiger partial charge < -0.3 is 16.2 Å². The fourth-order valence-electron chi connectivity index (χ4n) is 3.37. The molecular weight excluding hydrogens is 482 g/mol. The molecule has 2 aromatic carbocycles. The Labute approximate surface area is 192 Å². The van der Waals surface area contributed by atoms with Crippen molar-refractivity contribution in [2.45, 2.75) is 19.2 Å². The number of hydrogen-bond donors (Lipinski definition) is 3. The fraction of sp³-hybridized carbons (Fsp3) is 0.143. The van der Waals surface area contributed by atoms with E-state index >= 15 is 0 Å². The van der Waals surface area contributed by atoms with E-state index in [0.29, 0.717) is 23.3 Å². The molecule has 0 fully saturated rings. The summed E-state index contributed by atoms with van der Waals surface area (Å²) in [6, 6.07) is 3.04. The standard InChI is InChI=1S/C21H14F6N6O2/c1-8-16-17(19(28)30-7-29-16)33(32-8)13-3-2-12(14(23)15(13)24)31-20(35)18(34)9-4-10(21(25,26)27)6-11(22)5-9/h2-7,18,34H,1H3,(H,31,35)(H2,28,29,30)/t18-/m1/s1. The maximum atomic E-state index is 14.9. The fourth-order valence-corrected chi connectivity index (χ4v) is 3.37. The number of nitrogens with two attached hydrogens (primary N) is 1. The molecule has 0 aliphatic carbocycles. The van der Waals surface area contributed by atoms with E-state index in [0.717, 1.165) is 16.8 Å². The van der Waals surface area contributed by atoms with E-state index in [2.05, 4.69) is 15.1 Å². The number of aryl methyl sites for hydroxylation is 1. The van der Waals surface area contributed by atoms with Crippen LogP contribution in [0.15, 0.2) is 36.7 Å². The summed E-state index contributed by atoms with van der Waals surface area (Å²) >= 11 is 0. The van der Waals surface area contributed by atoms with Crippen LogP contribution in [0, 0.1) is 24.4 Å². The Bertz CT molecular complexity index is 1470. The number of benzene rings is 2. The third kappa shape index (κ3) is 4.35. The monoisotopic (exact) mass is 496 g/mol. The van der Waals surface area contributed by atoms with Gasteiger partial charge in [-0.1, -0.05) is 0 Å². The highest BCUT2D eigenvalue weighted by molar-refractivity contribution is 5.95. The second-order valence-electron chi connectivity index (χ2n) is 7.38. The maximum Gasteiger partial charge on any atom is 0.416 e. The van der Waals surface area contributed by atoms with Crippen LogP contribution in [-0.2, 0) is 11.0 Å². The van der Waals surface area contributed by atoms with Crippen molar-refractivity contribution in [1.29, 1.82) is 0 Å². The summed E-state index contributed by atoms with van der Waals surface area (Å²) in [5.41, 5.74) is 3.27. The molecule has 0 radical (unpaired) electrons. The summed E-state index contributed by atoms with van der Waals surface area (Å²) in [6.07, 6.45) is -6.08. The van der Waals surface area contributed by atoms with E-state index in [1.54, 1.807) is 6.92 Å². The van der Waals surface area contributed by atoms with Crippen LogP contribution in [0.25, 0.3) is 16.7 Å². The van der Waals surface area contributed by atoms with E-state index in [9.17, 15) is 36.2 Å². The van der Waals surface area contributed by atoms with Crippen LogP contribution < -0.4 is 11.1 Å². The molecule has 14 heteroatoms. The second-order valence-corrected chi connectivity index (χ2v) is 7.38. The summed E-state index contributed by atoms with van der Waals surface area (Å²) in [7, 11) is 0. The molecule has 1 atom stereocenters. The maximum absolute atomic E-state index is 14.9. The van der Waals surface area contributed by atoms with Gasteiger partial charge in [0, 0.05) is 0 Å². The molecule has 0 unspecified atom stereocenters. The van der Waals surface area contributed by atoms with Crippen LogP contribution in [0.2, 0.25) is 0 Å². The van der Waals surface area contributed by atoms with Crippen molar-refractivity contribution in [3.63, 3.8) is 0 Å². The molecular formula is C21H14F6N6O2. The van der Waals surface area contributed by atoms with E-state index in [1.165, 1.54) is 6.33 Å². The van der Waals surface area contributed by atoms with Gasteiger partial charge in [0.1, 0.15) is 28.9 Å². The smallest absolute Gasteiger partial charge is 0.382 e. The number of nitrogen functional groups attached to an aromatic ring is 1.